The number of ether oxygens (including phenoxy) is 2. The maximum Gasteiger partial charge on any atom is 0.407 e. The molecule has 0 atom stereocenters. The van der Waals surface area contributed by atoms with Gasteiger partial charge in [-0.3, -0.25) is 4.79 Å². The van der Waals surface area contributed by atoms with Crippen molar-refractivity contribution in [3.63, 3.8) is 0 Å². The van der Waals surface area contributed by atoms with E-state index in [1.165, 1.54) is 30.2 Å². The summed E-state index contributed by atoms with van der Waals surface area (Å²) in [6.45, 7) is 0.655. The number of halogens is 1. The third-order valence-electron chi connectivity index (χ3n) is 4.38. The van der Waals surface area contributed by atoms with Gasteiger partial charge in [-0.2, -0.15) is 0 Å². The summed E-state index contributed by atoms with van der Waals surface area (Å²) in [4.78, 5) is 24.0. The molecule has 130 valence electrons. The van der Waals surface area contributed by atoms with Crippen LogP contribution in [0.15, 0.2) is 18.2 Å². The zero-order chi connectivity index (χ0) is 17.3. The van der Waals surface area contributed by atoms with Gasteiger partial charge in [0.15, 0.2) is 11.5 Å². The molecule has 2 aliphatic rings. The Balaban J connectivity index is 1.44. The number of benzene rings is 1. The Morgan fingerprint density at radius 3 is 2.62 bits per heavy atom. The van der Waals surface area contributed by atoms with Crippen molar-refractivity contribution in [1.82, 2.24) is 10.2 Å². The fourth-order valence-electron chi connectivity index (χ4n) is 2.84. The standard InChI is InChI=1S/C16H19FN2O5/c1-23-13-3-2-10(17)6-14(13)24-12-4-9(5-12)15(20)18-11-7-19(8-11)16(21)22/h2-3,6,9,11-12H,4-5,7-8H2,1H3,(H,18,20)(H,21,22)/t9-,12-. The molecule has 0 spiro atoms. The van der Waals surface area contributed by atoms with Gasteiger partial charge in [-0.25, -0.2) is 9.18 Å². The molecule has 1 saturated heterocycles. The Bertz CT molecular complexity index is 641. The van der Waals surface area contributed by atoms with E-state index in [1.807, 2.05) is 0 Å². The first-order valence-electron chi connectivity index (χ1n) is 7.74. The van der Waals surface area contributed by atoms with Crippen molar-refractivity contribution in [2.45, 2.75) is 25.0 Å². The van der Waals surface area contributed by atoms with Crippen molar-refractivity contribution in [3.8, 4) is 11.5 Å². The van der Waals surface area contributed by atoms with Crippen molar-refractivity contribution in [1.29, 1.82) is 0 Å². The first-order chi connectivity index (χ1) is 11.5. The molecule has 0 radical (unpaired) electrons. The average molecular weight is 338 g/mol. The van der Waals surface area contributed by atoms with Crippen LogP contribution in [0.4, 0.5) is 9.18 Å². The Morgan fingerprint density at radius 1 is 1.29 bits per heavy atom. The number of hydrogen-bond acceptors (Lipinski definition) is 4. The van der Waals surface area contributed by atoms with Crippen LogP contribution in [0, 0.1) is 11.7 Å². The van der Waals surface area contributed by atoms with Gasteiger partial charge in [-0.1, -0.05) is 0 Å². The third kappa shape index (κ3) is 3.37. The SMILES string of the molecule is COc1ccc(F)cc1O[C@H]1C[C@H](C(=O)NC2CN(C(=O)O)C2)C1. The fraction of sp³-hybridized carbons (Fsp3) is 0.500. The van der Waals surface area contributed by atoms with E-state index in [0.29, 0.717) is 37.4 Å². The van der Waals surface area contributed by atoms with Crippen molar-refractivity contribution in [2.75, 3.05) is 20.2 Å². The lowest BCUT2D eigenvalue weighted by atomic mass is 9.81. The summed E-state index contributed by atoms with van der Waals surface area (Å²) in [5.74, 6) is 0.127. The number of hydrogen-bond donors (Lipinski definition) is 2. The highest BCUT2D eigenvalue weighted by Gasteiger charge is 2.39. The van der Waals surface area contributed by atoms with Gasteiger partial charge in [0, 0.05) is 25.1 Å². The summed E-state index contributed by atoms with van der Waals surface area (Å²) in [6, 6.07) is 3.94. The van der Waals surface area contributed by atoms with Gasteiger partial charge < -0.3 is 24.8 Å². The second-order valence-electron chi connectivity index (χ2n) is 6.10. The minimum atomic E-state index is -0.971. The van der Waals surface area contributed by atoms with Crippen LogP contribution < -0.4 is 14.8 Å². The molecule has 2 N–H and O–H groups in total. The van der Waals surface area contributed by atoms with Crippen molar-refractivity contribution < 1.29 is 28.6 Å². The summed E-state index contributed by atoms with van der Waals surface area (Å²) >= 11 is 0. The summed E-state index contributed by atoms with van der Waals surface area (Å²) in [5.41, 5.74) is 0. The van der Waals surface area contributed by atoms with E-state index in [-0.39, 0.29) is 24.0 Å². The fourth-order valence-corrected chi connectivity index (χ4v) is 2.84. The Morgan fingerprint density at radius 2 is 2.00 bits per heavy atom. The van der Waals surface area contributed by atoms with Crippen LogP contribution in [0.25, 0.3) is 0 Å². The average Bonchev–Trinajstić information content (AvgIpc) is 2.45. The molecule has 0 bridgehead atoms. The van der Waals surface area contributed by atoms with Gasteiger partial charge in [0.1, 0.15) is 11.9 Å². The van der Waals surface area contributed by atoms with Crippen LogP contribution in [-0.4, -0.2) is 54.4 Å². The van der Waals surface area contributed by atoms with Gasteiger partial charge >= 0.3 is 6.09 Å². The van der Waals surface area contributed by atoms with Gasteiger partial charge in [-0.15, -0.1) is 0 Å². The molecule has 0 aromatic heterocycles. The van der Waals surface area contributed by atoms with Gasteiger partial charge in [0.25, 0.3) is 0 Å². The molecule has 1 heterocycles. The number of carbonyl (C=O) groups is 2. The number of likely N-dealkylation sites (tertiary alicyclic amines) is 1. The number of nitrogens with one attached hydrogen (secondary N) is 1. The molecule has 2 amide bonds. The Hall–Kier alpha value is -2.51. The van der Waals surface area contributed by atoms with Crippen LogP contribution in [0.3, 0.4) is 0 Å². The van der Waals surface area contributed by atoms with E-state index in [1.54, 1.807) is 0 Å². The van der Waals surface area contributed by atoms with Gasteiger partial charge in [0.2, 0.25) is 5.91 Å². The van der Waals surface area contributed by atoms with E-state index in [2.05, 4.69) is 5.32 Å². The highest BCUT2D eigenvalue weighted by atomic mass is 19.1. The quantitative estimate of drug-likeness (QED) is 0.849. The van der Waals surface area contributed by atoms with Crippen molar-refractivity contribution >= 4 is 12.0 Å². The van der Waals surface area contributed by atoms with Crippen LogP contribution in [0.2, 0.25) is 0 Å². The lowest BCUT2D eigenvalue weighted by Gasteiger charge is -2.40. The van der Waals surface area contributed by atoms with E-state index < -0.39 is 11.9 Å². The number of nitrogens with zero attached hydrogens (tertiary/aromatic N) is 1. The molecule has 1 saturated carbocycles. The van der Waals surface area contributed by atoms with Gasteiger partial charge in [0.05, 0.1) is 13.2 Å². The summed E-state index contributed by atoms with van der Waals surface area (Å²) in [5, 5.41) is 11.6. The first kappa shape index (κ1) is 16.4. The third-order valence-corrected chi connectivity index (χ3v) is 4.38. The summed E-state index contributed by atoms with van der Waals surface area (Å²) in [6.07, 6.45) is -0.0446. The molecule has 1 aliphatic carbocycles. The minimum Gasteiger partial charge on any atom is -0.493 e. The molecule has 1 aliphatic heterocycles. The molecular weight excluding hydrogens is 319 g/mol. The maximum atomic E-state index is 13.3. The second-order valence-corrected chi connectivity index (χ2v) is 6.10. The van der Waals surface area contributed by atoms with Crippen LogP contribution in [0.5, 0.6) is 11.5 Å². The number of amides is 2. The molecular formula is C16H19FN2O5. The largest absolute Gasteiger partial charge is 0.493 e. The predicted octanol–water partition coefficient (Wildman–Crippen LogP) is 1.47. The maximum absolute atomic E-state index is 13.3. The highest BCUT2D eigenvalue weighted by molar-refractivity contribution is 5.80. The molecule has 0 unspecified atom stereocenters. The zero-order valence-electron chi connectivity index (χ0n) is 13.2. The van der Waals surface area contributed by atoms with E-state index in [9.17, 15) is 14.0 Å². The van der Waals surface area contributed by atoms with E-state index in [0.717, 1.165) is 0 Å². The number of carboxylic acid groups (broad SMARTS) is 1. The number of methoxy groups -OCH3 is 1. The number of rotatable bonds is 5. The van der Waals surface area contributed by atoms with Crippen molar-refractivity contribution in [3.05, 3.63) is 24.0 Å². The predicted molar refractivity (Wildman–Crippen MR) is 81.6 cm³/mol. The lowest BCUT2D eigenvalue weighted by molar-refractivity contribution is -0.132. The first-order valence-corrected chi connectivity index (χ1v) is 7.74. The van der Waals surface area contributed by atoms with Gasteiger partial charge in [-0.05, 0) is 25.0 Å². The van der Waals surface area contributed by atoms with Crippen LogP contribution >= 0.6 is 0 Å². The Kier molecular flexibility index (Phi) is 4.46. The van der Waals surface area contributed by atoms with E-state index in [4.69, 9.17) is 14.6 Å². The minimum absolute atomic E-state index is 0.0869. The molecule has 8 heteroatoms. The van der Waals surface area contributed by atoms with Crippen LogP contribution in [-0.2, 0) is 4.79 Å². The molecule has 3 rings (SSSR count). The highest BCUT2D eigenvalue weighted by Crippen LogP contribution is 2.36. The van der Waals surface area contributed by atoms with E-state index >= 15 is 0 Å². The normalized spacial score (nSPS) is 23.0. The molecule has 7 nitrogen and oxygen atoms in total. The zero-order valence-corrected chi connectivity index (χ0v) is 13.2. The van der Waals surface area contributed by atoms with Crippen molar-refractivity contribution in [2.24, 2.45) is 5.92 Å². The molecule has 2 fully saturated rings. The van der Waals surface area contributed by atoms with Crippen LogP contribution in [0.1, 0.15) is 12.8 Å². The molecule has 1 aromatic carbocycles. The number of carbonyl (C=O) groups excluding carboxylic acids is 1. The lowest BCUT2D eigenvalue weighted by Crippen LogP contribution is -2.62. The Labute approximate surface area is 138 Å². The monoisotopic (exact) mass is 338 g/mol. The molecule has 24 heavy (non-hydrogen) atoms. The summed E-state index contributed by atoms with van der Waals surface area (Å²) < 4.78 is 24.1. The topological polar surface area (TPSA) is 88.1 Å². The smallest absolute Gasteiger partial charge is 0.407 e. The second kappa shape index (κ2) is 6.54. The summed E-state index contributed by atoms with van der Waals surface area (Å²) in [7, 11) is 1.48. The molecule has 1 aromatic rings.